The molecule has 2 rings (SSSR count). The molecule has 18 heavy (non-hydrogen) atoms. The summed E-state index contributed by atoms with van der Waals surface area (Å²) in [6.45, 7) is 3.62. The Hall–Kier alpha value is -1.88. The summed E-state index contributed by atoms with van der Waals surface area (Å²) in [6.07, 6.45) is -0.588. The highest BCUT2D eigenvalue weighted by molar-refractivity contribution is 6.11. The van der Waals surface area contributed by atoms with Gasteiger partial charge in [0, 0.05) is 6.04 Å². The molecule has 2 unspecified atom stereocenters. The van der Waals surface area contributed by atoms with Crippen molar-refractivity contribution in [2.75, 3.05) is 0 Å². The van der Waals surface area contributed by atoms with Crippen molar-refractivity contribution in [1.82, 2.24) is 5.32 Å². The zero-order valence-corrected chi connectivity index (χ0v) is 10.3. The number of hydrogen-bond acceptors (Lipinski definition) is 3. The first-order valence-corrected chi connectivity index (χ1v) is 5.82. The molecule has 1 fully saturated rings. The lowest BCUT2D eigenvalue weighted by Gasteiger charge is -2.12. The molecule has 1 heterocycles. The molecule has 2 amide bonds. The van der Waals surface area contributed by atoms with Gasteiger partial charge >= 0.3 is 0 Å². The first-order chi connectivity index (χ1) is 8.48. The van der Waals surface area contributed by atoms with Gasteiger partial charge in [-0.1, -0.05) is 30.3 Å². The Bertz CT molecular complexity index is 472. The lowest BCUT2D eigenvalue weighted by Crippen LogP contribution is -2.49. The lowest BCUT2D eigenvalue weighted by molar-refractivity contribution is -0.135. The Kier molecular flexibility index (Phi) is 3.09. The fraction of sp³-hybridized carbons (Fsp3) is 0.385. The van der Waals surface area contributed by atoms with E-state index < -0.39 is 23.5 Å². The Morgan fingerprint density at radius 1 is 1.33 bits per heavy atom. The maximum absolute atomic E-state index is 12.0. The van der Waals surface area contributed by atoms with Crippen molar-refractivity contribution in [3.05, 3.63) is 35.9 Å². The molecule has 96 valence electrons. The molecule has 1 aliphatic rings. The first kappa shape index (κ1) is 12.6. The molecule has 3 N–H and O–H groups in total. The number of primary amides is 1. The van der Waals surface area contributed by atoms with E-state index in [2.05, 4.69) is 5.32 Å². The second-order valence-electron chi connectivity index (χ2n) is 4.64. The Morgan fingerprint density at radius 2 is 1.94 bits per heavy atom. The van der Waals surface area contributed by atoms with Crippen LogP contribution in [0.5, 0.6) is 0 Å². The highest BCUT2D eigenvalue weighted by Gasteiger charge is 2.68. The molecule has 1 aromatic carbocycles. The fourth-order valence-electron chi connectivity index (χ4n) is 1.92. The molecule has 0 aliphatic carbocycles. The minimum atomic E-state index is -1.55. The van der Waals surface area contributed by atoms with Crippen LogP contribution in [0.25, 0.3) is 0 Å². The predicted molar refractivity (Wildman–Crippen MR) is 65.5 cm³/mol. The van der Waals surface area contributed by atoms with Gasteiger partial charge in [0.1, 0.15) is 6.10 Å². The van der Waals surface area contributed by atoms with Gasteiger partial charge in [-0.2, -0.15) is 0 Å². The summed E-state index contributed by atoms with van der Waals surface area (Å²) < 4.78 is 5.33. The van der Waals surface area contributed by atoms with E-state index in [1.807, 2.05) is 32.0 Å². The second kappa shape index (κ2) is 4.42. The molecular formula is C13H16N2O3. The van der Waals surface area contributed by atoms with E-state index in [1.165, 1.54) is 0 Å². The van der Waals surface area contributed by atoms with Crippen LogP contribution in [0.15, 0.2) is 30.3 Å². The predicted octanol–water partition coefficient (Wildman–Crippen LogP) is 0.507. The molecule has 0 aromatic heterocycles. The molecule has 0 radical (unpaired) electrons. The molecule has 1 aromatic rings. The highest BCUT2D eigenvalue weighted by Crippen LogP contribution is 2.49. The summed E-state index contributed by atoms with van der Waals surface area (Å²) in [4.78, 5) is 23.6. The Balaban J connectivity index is 2.23. The normalized spacial score (nSPS) is 25.8. The summed E-state index contributed by atoms with van der Waals surface area (Å²) in [5.74, 6) is -1.23. The van der Waals surface area contributed by atoms with E-state index in [0.717, 1.165) is 5.56 Å². The van der Waals surface area contributed by atoms with Crippen molar-refractivity contribution in [3.8, 4) is 0 Å². The molecule has 5 heteroatoms. The number of benzene rings is 1. The van der Waals surface area contributed by atoms with Gasteiger partial charge in [-0.3, -0.25) is 9.59 Å². The van der Waals surface area contributed by atoms with Gasteiger partial charge in [-0.15, -0.1) is 0 Å². The third kappa shape index (κ3) is 1.97. The number of nitrogens with one attached hydrogen (secondary N) is 1. The number of amides is 2. The maximum atomic E-state index is 12.0. The Labute approximate surface area is 105 Å². The summed E-state index contributed by atoms with van der Waals surface area (Å²) in [6, 6.07) is 9.03. The molecule has 0 spiro atoms. The number of carbonyl (C=O) groups is 2. The zero-order chi connectivity index (χ0) is 13.3. The minimum Gasteiger partial charge on any atom is -0.367 e. The summed E-state index contributed by atoms with van der Waals surface area (Å²) in [5, 5.41) is 2.66. The van der Waals surface area contributed by atoms with Crippen LogP contribution < -0.4 is 11.1 Å². The maximum Gasteiger partial charge on any atom is 0.265 e. The highest BCUT2D eigenvalue weighted by atomic mass is 16.6. The number of nitrogens with two attached hydrogens (primary N) is 1. The van der Waals surface area contributed by atoms with Crippen molar-refractivity contribution >= 4 is 11.8 Å². The van der Waals surface area contributed by atoms with Crippen LogP contribution >= 0.6 is 0 Å². The van der Waals surface area contributed by atoms with E-state index in [9.17, 15) is 9.59 Å². The lowest BCUT2D eigenvalue weighted by atomic mass is 9.97. The van der Waals surface area contributed by atoms with Gasteiger partial charge in [-0.05, 0) is 19.4 Å². The van der Waals surface area contributed by atoms with Crippen LogP contribution in [0, 0.1) is 0 Å². The van der Waals surface area contributed by atoms with Crippen LogP contribution in [-0.2, 0) is 14.3 Å². The monoisotopic (exact) mass is 248 g/mol. The molecule has 0 bridgehead atoms. The first-order valence-electron chi connectivity index (χ1n) is 5.82. The SMILES string of the molecule is CC(C)NC(=O)C1(C(N)=O)OC1c1ccccc1. The smallest absolute Gasteiger partial charge is 0.265 e. The van der Waals surface area contributed by atoms with Crippen LogP contribution in [-0.4, -0.2) is 23.5 Å². The number of carbonyl (C=O) groups excluding carboxylic acids is 2. The number of rotatable bonds is 4. The molecular weight excluding hydrogens is 232 g/mol. The van der Waals surface area contributed by atoms with E-state index in [-0.39, 0.29) is 6.04 Å². The molecule has 2 atom stereocenters. The van der Waals surface area contributed by atoms with Gasteiger partial charge in [0.15, 0.2) is 0 Å². The molecule has 5 nitrogen and oxygen atoms in total. The number of epoxide rings is 1. The number of hydrogen-bond donors (Lipinski definition) is 2. The summed E-state index contributed by atoms with van der Waals surface area (Å²) in [7, 11) is 0. The molecule has 0 saturated carbocycles. The van der Waals surface area contributed by atoms with Crippen LogP contribution in [0.2, 0.25) is 0 Å². The quantitative estimate of drug-likeness (QED) is 0.601. The van der Waals surface area contributed by atoms with Gasteiger partial charge in [-0.25, -0.2) is 0 Å². The summed E-state index contributed by atoms with van der Waals surface area (Å²) >= 11 is 0. The van der Waals surface area contributed by atoms with Crippen molar-refractivity contribution in [1.29, 1.82) is 0 Å². The molecule has 1 aliphatic heterocycles. The standard InChI is InChI=1S/C13H16N2O3/c1-8(2)15-12(17)13(11(14)16)10(18-13)9-6-4-3-5-7-9/h3-8,10H,1-2H3,(H2,14,16)(H,15,17). The van der Waals surface area contributed by atoms with Crippen LogP contribution in [0.4, 0.5) is 0 Å². The van der Waals surface area contributed by atoms with Gasteiger partial charge in [0.25, 0.3) is 17.4 Å². The average Bonchev–Trinajstić information content (AvgIpc) is 3.05. The third-order valence-electron chi connectivity index (χ3n) is 2.84. The van der Waals surface area contributed by atoms with Crippen LogP contribution in [0.3, 0.4) is 0 Å². The third-order valence-corrected chi connectivity index (χ3v) is 2.84. The van der Waals surface area contributed by atoms with E-state index >= 15 is 0 Å². The zero-order valence-electron chi connectivity index (χ0n) is 10.3. The van der Waals surface area contributed by atoms with Gasteiger partial charge in [0.2, 0.25) is 0 Å². The van der Waals surface area contributed by atoms with E-state index in [0.29, 0.717) is 0 Å². The topological polar surface area (TPSA) is 84.7 Å². The van der Waals surface area contributed by atoms with Crippen LogP contribution in [0.1, 0.15) is 25.5 Å². The fourth-order valence-corrected chi connectivity index (χ4v) is 1.92. The summed E-state index contributed by atoms with van der Waals surface area (Å²) in [5.41, 5.74) is 4.54. The second-order valence-corrected chi connectivity index (χ2v) is 4.64. The van der Waals surface area contributed by atoms with Gasteiger partial charge < -0.3 is 15.8 Å². The van der Waals surface area contributed by atoms with Gasteiger partial charge in [0.05, 0.1) is 0 Å². The number of ether oxygens (including phenoxy) is 1. The average molecular weight is 248 g/mol. The Morgan fingerprint density at radius 3 is 2.44 bits per heavy atom. The van der Waals surface area contributed by atoms with E-state index in [4.69, 9.17) is 10.5 Å². The van der Waals surface area contributed by atoms with Crippen molar-refractivity contribution in [3.63, 3.8) is 0 Å². The minimum absolute atomic E-state index is 0.0747. The van der Waals surface area contributed by atoms with Crippen molar-refractivity contribution in [2.45, 2.75) is 31.6 Å². The largest absolute Gasteiger partial charge is 0.367 e. The van der Waals surface area contributed by atoms with Crippen molar-refractivity contribution in [2.24, 2.45) is 5.73 Å². The molecule has 1 saturated heterocycles. The van der Waals surface area contributed by atoms with E-state index in [1.54, 1.807) is 12.1 Å². The van der Waals surface area contributed by atoms with Crippen molar-refractivity contribution < 1.29 is 14.3 Å².